The Labute approximate surface area is 149 Å². The molecule has 1 aliphatic heterocycles. The summed E-state index contributed by atoms with van der Waals surface area (Å²) in [5, 5.41) is 4.54. The molecule has 1 aromatic heterocycles. The average Bonchev–Trinajstić information content (AvgIpc) is 3.06. The number of halogens is 2. The van der Waals surface area contributed by atoms with E-state index in [1.54, 1.807) is 11.3 Å². The second-order valence-electron chi connectivity index (χ2n) is 5.59. The van der Waals surface area contributed by atoms with Crippen molar-refractivity contribution in [2.75, 3.05) is 13.6 Å². The first kappa shape index (κ1) is 21.6. The molecule has 1 N–H and O–H groups in total. The van der Waals surface area contributed by atoms with Gasteiger partial charge in [0.1, 0.15) is 0 Å². The highest BCUT2D eigenvalue weighted by atomic mass is 35.5. The fourth-order valence-electron chi connectivity index (χ4n) is 2.68. The first-order chi connectivity index (χ1) is 9.52. The van der Waals surface area contributed by atoms with Crippen LogP contribution >= 0.6 is 36.2 Å². The van der Waals surface area contributed by atoms with Gasteiger partial charge in [0.15, 0.2) is 0 Å². The highest BCUT2D eigenvalue weighted by Crippen LogP contribution is 2.29. The first-order valence-electron chi connectivity index (χ1n) is 7.48. The van der Waals surface area contributed by atoms with Crippen LogP contribution < -0.4 is 5.32 Å². The van der Waals surface area contributed by atoms with E-state index in [9.17, 15) is 4.79 Å². The lowest BCUT2D eigenvalue weighted by Gasteiger charge is -2.25. The summed E-state index contributed by atoms with van der Waals surface area (Å²) in [5.41, 5.74) is 1.07. The summed E-state index contributed by atoms with van der Waals surface area (Å²) in [5.74, 6) is 0.225. The molecule has 2 rings (SSSR count). The van der Waals surface area contributed by atoms with Crippen LogP contribution in [0.1, 0.15) is 54.7 Å². The monoisotopic (exact) mass is 367 g/mol. The van der Waals surface area contributed by atoms with E-state index in [1.165, 1.54) is 11.3 Å². The van der Waals surface area contributed by atoms with Gasteiger partial charge in [-0.3, -0.25) is 4.79 Å². The SMILES string of the molecule is CCc1nc(C)c(C(C)N(C)C(=O)CC2CCCN2)s1.Cl.Cl. The number of rotatable bonds is 5. The number of carbonyl (C=O) groups is 1. The number of nitrogens with one attached hydrogen (secondary N) is 1. The smallest absolute Gasteiger partial charge is 0.224 e. The number of hydrogen-bond acceptors (Lipinski definition) is 4. The van der Waals surface area contributed by atoms with Crippen molar-refractivity contribution in [3.63, 3.8) is 0 Å². The van der Waals surface area contributed by atoms with Crippen LogP contribution in [-0.4, -0.2) is 35.4 Å². The molecule has 1 saturated heterocycles. The Morgan fingerprint density at radius 1 is 1.50 bits per heavy atom. The molecule has 128 valence electrons. The average molecular weight is 368 g/mol. The number of hydrogen-bond donors (Lipinski definition) is 1. The Morgan fingerprint density at radius 2 is 2.18 bits per heavy atom. The highest BCUT2D eigenvalue weighted by molar-refractivity contribution is 7.11. The van der Waals surface area contributed by atoms with E-state index in [1.807, 2.05) is 18.9 Å². The van der Waals surface area contributed by atoms with Gasteiger partial charge >= 0.3 is 0 Å². The van der Waals surface area contributed by atoms with Crippen LogP contribution in [0.4, 0.5) is 0 Å². The van der Waals surface area contributed by atoms with Crippen LogP contribution in [0.15, 0.2) is 0 Å². The molecule has 0 spiro atoms. The molecule has 0 saturated carbocycles. The zero-order valence-electron chi connectivity index (χ0n) is 13.7. The summed E-state index contributed by atoms with van der Waals surface area (Å²) >= 11 is 1.74. The van der Waals surface area contributed by atoms with E-state index in [4.69, 9.17) is 0 Å². The molecule has 22 heavy (non-hydrogen) atoms. The molecule has 7 heteroatoms. The molecule has 2 unspecified atom stereocenters. The van der Waals surface area contributed by atoms with Crippen LogP contribution in [0.5, 0.6) is 0 Å². The first-order valence-corrected chi connectivity index (χ1v) is 8.29. The quantitative estimate of drug-likeness (QED) is 0.865. The second-order valence-corrected chi connectivity index (χ2v) is 6.70. The third kappa shape index (κ3) is 5.08. The number of aromatic nitrogens is 1. The molecule has 0 aromatic carbocycles. The Morgan fingerprint density at radius 3 is 2.68 bits per heavy atom. The van der Waals surface area contributed by atoms with E-state index < -0.39 is 0 Å². The standard InChI is InChI=1S/C15H25N3OS.2ClH/c1-5-13-17-10(2)15(20-13)11(3)18(4)14(19)9-12-7-6-8-16-12;;/h11-12,16H,5-9H2,1-4H3;2*1H. The number of nitrogens with zero attached hydrogens (tertiary/aromatic N) is 2. The number of thiazole rings is 1. The lowest BCUT2D eigenvalue weighted by Crippen LogP contribution is -2.34. The van der Waals surface area contributed by atoms with Crippen molar-refractivity contribution < 1.29 is 4.79 Å². The molecule has 4 nitrogen and oxygen atoms in total. The van der Waals surface area contributed by atoms with E-state index in [-0.39, 0.29) is 36.8 Å². The van der Waals surface area contributed by atoms with Gasteiger partial charge in [0.05, 0.1) is 16.7 Å². The van der Waals surface area contributed by atoms with Gasteiger partial charge in [-0.1, -0.05) is 6.92 Å². The van der Waals surface area contributed by atoms with Crippen LogP contribution in [-0.2, 0) is 11.2 Å². The topological polar surface area (TPSA) is 45.2 Å². The third-order valence-corrected chi connectivity index (χ3v) is 5.59. The molecule has 2 heterocycles. The van der Waals surface area contributed by atoms with Crippen molar-refractivity contribution in [3.05, 3.63) is 15.6 Å². The molecule has 0 radical (unpaired) electrons. The Hall–Kier alpha value is -0.360. The number of carbonyl (C=O) groups excluding carboxylic acids is 1. The van der Waals surface area contributed by atoms with Gasteiger partial charge in [-0.05, 0) is 39.7 Å². The molecule has 1 amide bonds. The van der Waals surface area contributed by atoms with E-state index >= 15 is 0 Å². The highest BCUT2D eigenvalue weighted by Gasteiger charge is 2.25. The van der Waals surface area contributed by atoms with Crippen molar-refractivity contribution in [2.45, 2.75) is 58.5 Å². The summed E-state index contributed by atoms with van der Waals surface area (Å²) in [6, 6.07) is 0.479. The molecule has 2 atom stereocenters. The molecule has 1 fully saturated rings. The van der Waals surface area contributed by atoms with E-state index in [2.05, 4.69) is 24.1 Å². The zero-order valence-corrected chi connectivity index (χ0v) is 16.2. The fraction of sp³-hybridized carbons (Fsp3) is 0.733. The van der Waals surface area contributed by atoms with Crippen LogP contribution in [0.2, 0.25) is 0 Å². The van der Waals surface area contributed by atoms with Crippen LogP contribution in [0, 0.1) is 6.92 Å². The lowest BCUT2D eigenvalue weighted by molar-refractivity contribution is -0.132. The van der Waals surface area contributed by atoms with E-state index in [0.717, 1.165) is 30.1 Å². The predicted octanol–water partition coefficient (Wildman–Crippen LogP) is 3.52. The van der Waals surface area contributed by atoms with Crippen molar-refractivity contribution in [1.29, 1.82) is 0 Å². The van der Waals surface area contributed by atoms with Gasteiger partial charge in [0, 0.05) is 24.4 Å². The lowest BCUT2D eigenvalue weighted by atomic mass is 10.1. The molecular formula is C15H27Cl2N3OS. The van der Waals surface area contributed by atoms with Crippen LogP contribution in [0.25, 0.3) is 0 Å². The maximum atomic E-state index is 12.4. The molecule has 1 aliphatic rings. The van der Waals surface area contributed by atoms with Gasteiger partial charge in [-0.2, -0.15) is 0 Å². The minimum atomic E-state index is 0. The molecule has 1 aromatic rings. The Bertz CT molecular complexity index is 475. The summed E-state index contributed by atoms with van der Waals surface area (Å²) in [6.07, 6.45) is 3.87. The number of amides is 1. The minimum absolute atomic E-state index is 0. The fourth-order valence-corrected chi connectivity index (χ4v) is 3.78. The predicted molar refractivity (Wildman–Crippen MR) is 97.6 cm³/mol. The normalized spacial score (nSPS) is 18.3. The van der Waals surface area contributed by atoms with Crippen LogP contribution in [0.3, 0.4) is 0 Å². The van der Waals surface area contributed by atoms with Gasteiger partial charge < -0.3 is 10.2 Å². The Kier molecular flexibility index (Phi) is 9.55. The van der Waals surface area contributed by atoms with Crippen molar-refractivity contribution in [3.8, 4) is 0 Å². The van der Waals surface area contributed by atoms with Gasteiger partial charge in [0.2, 0.25) is 5.91 Å². The van der Waals surface area contributed by atoms with Crippen molar-refractivity contribution in [2.24, 2.45) is 0 Å². The Balaban J connectivity index is 0.00000220. The number of aryl methyl sites for hydroxylation is 2. The van der Waals surface area contributed by atoms with Crippen molar-refractivity contribution >= 4 is 42.1 Å². The summed E-state index contributed by atoms with van der Waals surface area (Å²) in [4.78, 5) is 20.0. The van der Waals surface area contributed by atoms with E-state index in [0.29, 0.717) is 12.5 Å². The summed E-state index contributed by atoms with van der Waals surface area (Å²) in [6.45, 7) is 7.30. The van der Waals surface area contributed by atoms with Gasteiger partial charge in [0.25, 0.3) is 0 Å². The summed E-state index contributed by atoms with van der Waals surface area (Å²) in [7, 11) is 1.91. The molecular weight excluding hydrogens is 341 g/mol. The largest absolute Gasteiger partial charge is 0.338 e. The van der Waals surface area contributed by atoms with Crippen molar-refractivity contribution in [1.82, 2.24) is 15.2 Å². The maximum Gasteiger partial charge on any atom is 0.224 e. The zero-order chi connectivity index (χ0) is 14.7. The minimum Gasteiger partial charge on any atom is -0.338 e. The molecule has 0 aliphatic carbocycles. The van der Waals surface area contributed by atoms with Gasteiger partial charge in [-0.15, -0.1) is 36.2 Å². The second kappa shape index (κ2) is 9.71. The third-order valence-electron chi connectivity index (χ3n) is 4.12. The molecule has 0 bridgehead atoms. The summed E-state index contributed by atoms with van der Waals surface area (Å²) < 4.78 is 0. The maximum absolute atomic E-state index is 12.4. The van der Waals surface area contributed by atoms with Gasteiger partial charge in [-0.25, -0.2) is 4.98 Å².